The second-order valence-electron chi connectivity index (χ2n) is 7.57. The first-order valence-electron chi connectivity index (χ1n) is 9.97. The van der Waals surface area contributed by atoms with Crippen LogP contribution in [0.3, 0.4) is 0 Å². The minimum absolute atomic E-state index is 0.944. The summed E-state index contributed by atoms with van der Waals surface area (Å²) in [7, 11) is 2.04. The number of hydrogen-bond acceptors (Lipinski definition) is 1. The molecule has 0 fully saturated rings. The normalized spacial score (nSPS) is 11.2. The molecule has 0 unspecified atom stereocenters. The van der Waals surface area contributed by atoms with Crippen LogP contribution in [0.15, 0.2) is 65.7 Å². The number of aliphatic imine (C=N–C) groups is 1. The van der Waals surface area contributed by atoms with Gasteiger partial charge in [-0.15, -0.1) is 0 Å². The summed E-state index contributed by atoms with van der Waals surface area (Å²) in [6, 6.07) is 22.0. The van der Waals surface area contributed by atoms with Crippen LogP contribution in [0, 0.1) is 20.8 Å². The zero-order chi connectivity index (χ0) is 20.1. The highest BCUT2D eigenvalue weighted by molar-refractivity contribution is 5.67. The van der Waals surface area contributed by atoms with Gasteiger partial charge < -0.3 is 4.90 Å². The van der Waals surface area contributed by atoms with Gasteiger partial charge in [-0.3, -0.25) is 0 Å². The molecule has 2 nitrogen and oxygen atoms in total. The van der Waals surface area contributed by atoms with Crippen molar-refractivity contribution in [3.63, 3.8) is 0 Å². The summed E-state index contributed by atoms with van der Waals surface area (Å²) in [5.41, 5.74) is 10.2. The summed E-state index contributed by atoms with van der Waals surface area (Å²) in [6.45, 7) is 9.56. The Kier molecular flexibility index (Phi) is 6.30. The van der Waals surface area contributed by atoms with Crippen LogP contribution < -0.4 is 0 Å². The molecule has 0 aliphatic rings. The Labute approximate surface area is 169 Å². The van der Waals surface area contributed by atoms with Crippen molar-refractivity contribution in [2.45, 2.75) is 34.1 Å². The lowest BCUT2D eigenvalue weighted by molar-refractivity contribution is 0.552. The number of nitrogens with zero attached hydrogens (tertiary/aromatic N) is 2. The highest BCUT2D eigenvalue weighted by Gasteiger charge is 2.06. The summed E-state index contributed by atoms with van der Waals surface area (Å²) >= 11 is 0. The van der Waals surface area contributed by atoms with Crippen LogP contribution in [-0.4, -0.2) is 24.8 Å². The maximum Gasteiger partial charge on any atom is 0.0909 e. The summed E-state index contributed by atoms with van der Waals surface area (Å²) in [5, 5.41) is 0. The van der Waals surface area contributed by atoms with Crippen LogP contribution in [0.25, 0.3) is 11.1 Å². The van der Waals surface area contributed by atoms with Gasteiger partial charge in [0.2, 0.25) is 0 Å². The fourth-order valence-corrected chi connectivity index (χ4v) is 3.35. The molecular formula is C26H30N2. The third-order valence-electron chi connectivity index (χ3n) is 5.35. The smallest absolute Gasteiger partial charge is 0.0909 e. The molecule has 0 atom stereocenters. The van der Waals surface area contributed by atoms with Crippen molar-refractivity contribution in [1.29, 1.82) is 0 Å². The Morgan fingerprint density at radius 2 is 1.57 bits per heavy atom. The molecule has 0 bridgehead atoms. The molecule has 0 N–H and O–H groups in total. The topological polar surface area (TPSA) is 15.6 Å². The zero-order valence-corrected chi connectivity index (χ0v) is 17.7. The fraction of sp³-hybridized carbons (Fsp3) is 0.269. The highest BCUT2D eigenvalue weighted by Crippen LogP contribution is 2.27. The van der Waals surface area contributed by atoms with E-state index in [1.54, 1.807) is 0 Å². The van der Waals surface area contributed by atoms with E-state index in [-0.39, 0.29) is 0 Å². The van der Waals surface area contributed by atoms with Gasteiger partial charge in [0, 0.05) is 13.6 Å². The molecule has 0 saturated carbocycles. The van der Waals surface area contributed by atoms with E-state index in [4.69, 9.17) is 0 Å². The van der Waals surface area contributed by atoms with Gasteiger partial charge in [-0.05, 0) is 79.1 Å². The Bertz CT molecular complexity index is 968. The van der Waals surface area contributed by atoms with E-state index in [1.165, 1.54) is 38.9 Å². The molecule has 28 heavy (non-hydrogen) atoms. The fourth-order valence-electron chi connectivity index (χ4n) is 3.35. The molecule has 0 amide bonds. The van der Waals surface area contributed by atoms with Gasteiger partial charge in [0.15, 0.2) is 0 Å². The molecule has 0 spiro atoms. The van der Waals surface area contributed by atoms with E-state index in [9.17, 15) is 0 Å². The van der Waals surface area contributed by atoms with Crippen molar-refractivity contribution >= 4 is 12.0 Å². The molecule has 3 aromatic rings. The maximum absolute atomic E-state index is 4.64. The minimum Gasteiger partial charge on any atom is -0.366 e. The van der Waals surface area contributed by atoms with Gasteiger partial charge in [-0.25, -0.2) is 4.99 Å². The van der Waals surface area contributed by atoms with Crippen LogP contribution in [-0.2, 0) is 6.42 Å². The zero-order valence-electron chi connectivity index (χ0n) is 17.7. The van der Waals surface area contributed by atoms with Gasteiger partial charge in [0.25, 0.3) is 0 Å². The van der Waals surface area contributed by atoms with Crippen molar-refractivity contribution in [2.75, 3.05) is 13.6 Å². The maximum atomic E-state index is 4.64. The quantitative estimate of drug-likeness (QED) is 0.358. The van der Waals surface area contributed by atoms with Crippen LogP contribution in [0.1, 0.15) is 34.7 Å². The number of aryl methyl sites for hydroxylation is 3. The Hall–Kier alpha value is -2.87. The minimum atomic E-state index is 0.944. The summed E-state index contributed by atoms with van der Waals surface area (Å²) in [4.78, 5) is 6.72. The second kappa shape index (κ2) is 8.88. The first-order chi connectivity index (χ1) is 13.5. The van der Waals surface area contributed by atoms with Crippen molar-refractivity contribution in [3.8, 4) is 11.1 Å². The Morgan fingerprint density at radius 1 is 0.857 bits per heavy atom. The van der Waals surface area contributed by atoms with Gasteiger partial charge in [0.05, 0.1) is 12.0 Å². The van der Waals surface area contributed by atoms with E-state index in [0.29, 0.717) is 0 Å². The van der Waals surface area contributed by atoms with Crippen LogP contribution in [0.2, 0.25) is 0 Å². The number of benzene rings is 3. The molecule has 2 heteroatoms. The number of rotatable bonds is 6. The molecule has 0 aromatic heterocycles. The largest absolute Gasteiger partial charge is 0.366 e. The summed E-state index contributed by atoms with van der Waals surface area (Å²) in [6.07, 6.45) is 2.85. The van der Waals surface area contributed by atoms with Crippen LogP contribution in [0.4, 0.5) is 5.69 Å². The lowest BCUT2D eigenvalue weighted by atomic mass is 9.95. The molecule has 3 rings (SSSR count). The average molecular weight is 371 g/mol. The van der Waals surface area contributed by atoms with E-state index < -0.39 is 0 Å². The van der Waals surface area contributed by atoms with Crippen molar-refractivity contribution in [2.24, 2.45) is 4.99 Å². The van der Waals surface area contributed by atoms with Gasteiger partial charge in [-0.1, -0.05) is 54.6 Å². The third-order valence-corrected chi connectivity index (χ3v) is 5.35. The molecule has 0 heterocycles. The van der Waals surface area contributed by atoms with E-state index in [0.717, 1.165) is 18.7 Å². The first-order valence-corrected chi connectivity index (χ1v) is 9.97. The van der Waals surface area contributed by atoms with Crippen molar-refractivity contribution in [3.05, 3.63) is 88.5 Å². The second-order valence-corrected chi connectivity index (χ2v) is 7.57. The lowest BCUT2D eigenvalue weighted by Crippen LogP contribution is -2.14. The van der Waals surface area contributed by atoms with E-state index >= 15 is 0 Å². The Balaban J connectivity index is 1.79. The van der Waals surface area contributed by atoms with E-state index in [2.05, 4.69) is 98.3 Å². The molecule has 144 valence electrons. The van der Waals surface area contributed by atoms with Crippen molar-refractivity contribution in [1.82, 2.24) is 4.90 Å². The van der Waals surface area contributed by atoms with Crippen LogP contribution in [0.5, 0.6) is 0 Å². The predicted molar refractivity (Wildman–Crippen MR) is 122 cm³/mol. The molecule has 0 saturated heterocycles. The van der Waals surface area contributed by atoms with Crippen LogP contribution >= 0.6 is 0 Å². The SMILES string of the molecule is CCN(C)C=Nc1cc(C)c(Cc2ccc(-c3ccccc3C)cc2)cc1C. The molecule has 3 aromatic carbocycles. The number of hydrogen-bond donors (Lipinski definition) is 0. The lowest BCUT2D eigenvalue weighted by Gasteiger charge is -2.12. The summed E-state index contributed by atoms with van der Waals surface area (Å²) in [5.74, 6) is 0. The van der Waals surface area contributed by atoms with Crippen molar-refractivity contribution < 1.29 is 0 Å². The van der Waals surface area contributed by atoms with Gasteiger partial charge in [-0.2, -0.15) is 0 Å². The third kappa shape index (κ3) is 4.69. The average Bonchev–Trinajstić information content (AvgIpc) is 2.70. The molecule has 0 radical (unpaired) electrons. The highest BCUT2D eigenvalue weighted by atomic mass is 15.1. The van der Waals surface area contributed by atoms with E-state index in [1.807, 2.05) is 13.4 Å². The Morgan fingerprint density at radius 3 is 2.25 bits per heavy atom. The molecule has 0 aliphatic carbocycles. The van der Waals surface area contributed by atoms with Gasteiger partial charge >= 0.3 is 0 Å². The van der Waals surface area contributed by atoms with Gasteiger partial charge in [0.1, 0.15) is 0 Å². The monoisotopic (exact) mass is 370 g/mol. The summed E-state index contributed by atoms with van der Waals surface area (Å²) < 4.78 is 0. The first kappa shape index (κ1) is 19.9. The standard InChI is InChI=1S/C26H30N2/c1-6-28(5)18-27-26-16-20(3)24(15-21(26)4)17-22-11-13-23(14-12-22)25-10-8-7-9-19(25)2/h7-16,18H,6,17H2,1-5H3. The molecule has 0 aliphatic heterocycles. The predicted octanol–water partition coefficient (Wildman–Crippen LogP) is 6.48. The molecular weight excluding hydrogens is 340 g/mol.